The molecule has 0 aliphatic heterocycles. The van der Waals surface area contributed by atoms with Crippen LogP contribution in [-0.2, 0) is 13.1 Å². The van der Waals surface area contributed by atoms with Crippen molar-refractivity contribution in [2.75, 3.05) is 0 Å². The van der Waals surface area contributed by atoms with E-state index in [9.17, 15) is 0 Å². The minimum absolute atomic E-state index is 0.817. The molecule has 0 atom stereocenters. The molecule has 2 heterocycles. The van der Waals surface area contributed by atoms with E-state index in [0.29, 0.717) is 0 Å². The van der Waals surface area contributed by atoms with Gasteiger partial charge in [-0.2, -0.15) is 30.0 Å². The molecule has 0 fully saturated rings. The summed E-state index contributed by atoms with van der Waals surface area (Å²) in [6, 6.07) is 7.93. The van der Waals surface area contributed by atoms with Gasteiger partial charge in [-0.05, 0) is 101 Å². The van der Waals surface area contributed by atoms with E-state index in [1.807, 2.05) is 24.3 Å². The quantitative estimate of drug-likeness (QED) is 0.218. The summed E-state index contributed by atoms with van der Waals surface area (Å²) in [6.07, 6.45) is 4.33. The highest BCUT2D eigenvalue weighted by Gasteiger charge is 2.11. The van der Waals surface area contributed by atoms with Crippen molar-refractivity contribution in [3.63, 3.8) is 0 Å². The number of hydrogen-bond acceptors (Lipinski definition) is 4. The Morgan fingerprint density at radius 3 is 1.07 bits per heavy atom. The smallest absolute Gasteiger partial charge is 0.128 e. The lowest BCUT2D eigenvalue weighted by Crippen LogP contribution is -2.04. The molecule has 146 valence electrons. The number of rotatable bonds is 7. The van der Waals surface area contributed by atoms with Crippen LogP contribution in [0.2, 0.25) is 0 Å². The Morgan fingerprint density at radius 2 is 0.786 bits per heavy atom. The lowest BCUT2D eigenvalue weighted by atomic mass is 10.2. The molecular formula is C18H16Br4N6. The van der Waals surface area contributed by atoms with Gasteiger partial charge in [0.05, 0.1) is 13.1 Å². The molecule has 6 nitrogen and oxygen atoms in total. The van der Waals surface area contributed by atoms with Crippen LogP contribution in [0, 0.1) is 0 Å². The third-order valence-corrected chi connectivity index (χ3v) is 6.99. The normalized spacial score (nSPS) is 11.7. The van der Waals surface area contributed by atoms with Crippen molar-refractivity contribution in [2.24, 2.45) is 0 Å². The fourth-order valence-electron chi connectivity index (χ4n) is 3.01. The van der Waals surface area contributed by atoms with E-state index < -0.39 is 0 Å². The minimum Gasteiger partial charge on any atom is -0.184 e. The lowest BCUT2D eigenvalue weighted by molar-refractivity contribution is 0.461. The third kappa shape index (κ3) is 4.34. The average Bonchev–Trinajstić information content (AvgIpc) is 3.30. The Morgan fingerprint density at radius 1 is 0.500 bits per heavy atom. The zero-order valence-electron chi connectivity index (χ0n) is 14.7. The van der Waals surface area contributed by atoms with Crippen molar-refractivity contribution >= 4 is 85.8 Å². The SMILES string of the molecule is Brc1ccc(Br)c2nn(CCCCCCn3nc4c(Br)ccc(Br)c4n3)nc12. The number of halogens is 4. The summed E-state index contributed by atoms with van der Waals surface area (Å²) < 4.78 is 3.87. The van der Waals surface area contributed by atoms with Crippen LogP contribution in [0.4, 0.5) is 0 Å². The molecule has 0 amide bonds. The molecule has 0 bridgehead atoms. The standard InChI is InChI=1S/C18H16Br4N6/c19-11-5-6-12(20)16-15(11)23-27(24-16)9-3-1-2-4-10-28-25-17-13(21)7-8-14(22)18(17)26-28/h5-8H,1-4,9-10H2. The van der Waals surface area contributed by atoms with Gasteiger partial charge in [-0.1, -0.05) is 12.8 Å². The van der Waals surface area contributed by atoms with Gasteiger partial charge in [-0.3, -0.25) is 0 Å². The number of aromatic nitrogens is 6. The summed E-state index contributed by atoms with van der Waals surface area (Å²) in [5.41, 5.74) is 3.57. The third-order valence-electron chi connectivity index (χ3n) is 4.43. The van der Waals surface area contributed by atoms with Crippen LogP contribution in [0.15, 0.2) is 42.2 Å². The molecule has 2 aromatic carbocycles. The Labute approximate surface area is 195 Å². The first-order chi connectivity index (χ1) is 13.5. The number of aryl methyl sites for hydroxylation is 2. The van der Waals surface area contributed by atoms with Crippen LogP contribution in [0.3, 0.4) is 0 Å². The molecule has 0 saturated carbocycles. The highest BCUT2D eigenvalue weighted by atomic mass is 79.9. The van der Waals surface area contributed by atoms with Crippen LogP contribution in [0.1, 0.15) is 25.7 Å². The summed E-state index contributed by atoms with van der Waals surface area (Å²) in [5, 5.41) is 18.3. The van der Waals surface area contributed by atoms with E-state index in [-0.39, 0.29) is 0 Å². The number of fused-ring (bicyclic) bond motifs is 2. The van der Waals surface area contributed by atoms with Gasteiger partial charge in [0.25, 0.3) is 0 Å². The van der Waals surface area contributed by atoms with E-state index in [4.69, 9.17) is 0 Å². The van der Waals surface area contributed by atoms with Crippen molar-refractivity contribution in [3.8, 4) is 0 Å². The zero-order valence-corrected chi connectivity index (χ0v) is 21.1. The highest BCUT2D eigenvalue weighted by molar-refractivity contribution is 9.11. The number of hydrogen-bond donors (Lipinski definition) is 0. The molecule has 4 rings (SSSR count). The molecule has 10 heteroatoms. The Balaban J connectivity index is 1.27. The molecule has 0 spiro atoms. The summed E-state index contributed by atoms with van der Waals surface area (Å²) >= 11 is 14.1. The topological polar surface area (TPSA) is 61.4 Å². The highest BCUT2D eigenvalue weighted by Crippen LogP contribution is 2.28. The predicted octanol–water partition coefficient (Wildman–Crippen LogP) is 6.49. The monoisotopic (exact) mass is 632 g/mol. The molecule has 0 aliphatic rings. The van der Waals surface area contributed by atoms with Crippen LogP contribution in [0.5, 0.6) is 0 Å². The maximum atomic E-state index is 4.57. The molecule has 0 radical (unpaired) electrons. The molecule has 0 N–H and O–H groups in total. The minimum atomic E-state index is 0.817. The molecule has 0 saturated heterocycles. The Hall–Kier alpha value is -0.840. The second kappa shape index (κ2) is 8.89. The van der Waals surface area contributed by atoms with Gasteiger partial charge in [-0.25, -0.2) is 0 Å². The zero-order chi connectivity index (χ0) is 19.7. The average molecular weight is 636 g/mol. The second-order valence-corrected chi connectivity index (χ2v) is 9.88. The number of benzene rings is 2. The van der Waals surface area contributed by atoms with Crippen molar-refractivity contribution in [3.05, 3.63) is 42.2 Å². The second-order valence-electron chi connectivity index (χ2n) is 6.46. The van der Waals surface area contributed by atoms with Gasteiger partial charge >= 0.3 is 0 Å². The maximum Gasteiger partial charge on any atom is 0.128 e. The molecule has 0 unspecified atom stereocenters. The molecule has 28 heavy (non-hydrogen) atoms. The summed E-state index contributed by atoms with van der Waals surface area (Å²) in [6.45, 7) is 1.63. The van der Waals surface area contributed by atoms with E-state index in [1.54, 1.807) is 9.59 Å². The van der Waals surface area contributed by atoms with Gasteiger partial charge in [0.2, 0.25) is 0 Å². The van der Waals surface area contributed by atoms with Crippen LogP contribution < -0.4 is 0 Å². The largest absolute Gasteiger partial charge is 0.184 e. The van der Waals surface area contributed by atoms with Gasteiger partial charge in [0.15, 0.2) is 0 Å². The fourth-order valence-corrected chi connectivity index (χ4v) is 4.60. The Kier molecular flexibility index (Phi) is 6.49. The maximum absolute atomic E-state index is 4.57. The van der Waals surface area contributed by atoms with Crippen LogP contribution >= 0.6 is 63.7 Å². The van der Waals surface area contributed by atoms with Gasteiger partial charge < -0.3 is 0 Å². The predicted molar refractivity (Wildman–Crippen MR) is 124 cm³/mol. The van der Waals surface area contributed by atoms with E-state index in [2.05, 4.69) is 84.1 Å². The van der Waals surface area contributed by atoms with Crippen molar-refractivity contribution in [1.29, 1.82) is 0 Å². The molecule has 0 aliphatic carbocycles. The van der Waals surface area contributed by atoms with Crippen molar-refractivity contribution < 1.29 is 0 Å². The van der Waals surface area contributed by atoms with E-state index >= 15 is 0 Å². The fraction of sp³-hybridized carbons (Fsp3) is 0.333. The molecule has 2 aromatic heterocycles. The van der Waals surface area contributed by atoms with Crippen LogP contribution in [-0.4, -0.2) is 30.0 Å². The van der Waals surface area contributed by atoms with Crippen LogP contribution in [0.25, 0.3) is 22.1 Å². The van der Waals surface area contributed by atoms with E-state index in [0.717, 1.165) is 78.7 Å². The first-order valence-electron chi connectivity index (χ1n) is 8.90. The van der Waals surface area contributed by atoms with Crippen molar-refractivity contribution in [1.82, 2.24) is 30.0 Å². The first kappa shape index (κ1) is 20.4. The number of nitrogens with zero attached hydrogens (tertiary/aromatic N) is 6. The summed E-state index contributed by atoms with van der Waals surface area (Å²) in [7, 11) is 0. The van der Waals surface area contributed by atoms with E-state index in [1.165, 1.54) is 0 Å². The Bertz CT molecular complexity index is 968. The lowest BCUT2D eigenvalue weighted by Gasteiger charge is -2.01. The molecular weight excluding hydrogens is 620 g/mol. The van der Waals surface area contributed by atoms with Gasteiger partial charge in [-0.15, -0.1) is 0 Å². The first-order valence-corrected chi connectivity index (χ1v) is 12.1. The van der Waals surface area contributed by atoms with Crippen molar-refractivity contribution in [2.45, 2.75) is 38.8 Å². The summed E-state index contributed by atoms with van der Waals surface area (Å²) in [5.74, 6) is 0. The number of unbranched alkanes of at least 4 members (excludes halogenated alkanes) is 3. The van der Waals surface area contributed by atoms with Gasteiger partial charge in [0.1, 0.15) is 22.1 Å². The van der Waals surface area contributed by atoms with Gasteiger partial charge in [0, 0.05) is 17.9 Å². The summed E-state index contributed by atoms with van der Waals surface area (Å²) in [4.78, 5) is 3.58. The molecule has 4 aromatic rings.